The fraction of sp³-hybridized carbons (Fsp3) is 0.458. The zero-order valence-electron chi connectivity index (χ0n) is 17.6. The summed E-state index contributed by atoms with van der Waals surface area (Å²) in [4.78, 5) is 12.7. The monoisotopic (exact) mass is 412 g/mol. The van der Waals surface area contributed by atoms with Gasteiger partial charge in [0.05, 0.1) is 6.61 Å². The summed E-state index contributed by atoms with van der Waals surface area (Å²) in [6.07, 6.45) is 6.34. The molecule has 0 spiro atoms. The van der Waals surface area contributed by atoms with E-state index in [-0.39, 0.29) is 17.3 Å². The van der Waals surface area contributed by atoms with Crippen molar-refractivity contribution in [1.29, 1.82) is 0 Å². The number of hydrogen-bond acceptors (Lipinski definition) is 5. The van der Waals surface area contributed by atoms with Gasteiger partial charge in [0.1, 0.15) is 5.75 Å². The van der Waals surface area contributed by atoms with Crippen LogP contribution in [0.15, 0.2) is 33.6 Å². The number of carbonyl (C=O) groups is 1. The molecule has 0 radical (unpaired) electrons. The zero-order chi connectivity index (χ0) is 20.9. The normalized spacial score (nSPS) is 14.3. The molecule has 0 saturated heterocycles. The molecule has 1 aromatic carbocycles. The second-order valence-electron chi connectivity index (χ2n) is 7.23. The van der Waals surface area contributed by atoms with Crippen LogP contribution in [0, 0.1) is 11.8 Å². The third-order valence-corrected chi connectivity index (χ3v) is 6.41. The molecule has 4 nitrogen and oxygen atoms in total. The molecule has 0 amide bonds. The summed E-state index contributed by atoms with van der Waals surface area (Å²) in [5.41, 5.74) is 2.37. The highest BCUT2D eigenvalue weighted by Crippen LogP contribution is 2.45. The van der Waals surface area contributed by atoms with E-state index in [2.05, 4.69) is 37.8 Å². The molecular weight excluding hydrogens is 384 g/mol. The molecule has 1 aliphatic rings. The van der Waals surface area contributed by atoms with Crippen LogP contribution in [-0.2, 0) is 10.2 Å². The number of rotatable bonds is 6. The largest absolute Gasteiger partial charge is 0.493 e. The summed E-state index contributed by atoms with van der Waals surface area (Å²) in [5.74, 6) is 7.67. The van der Waals surface area contributed by atoms with Crippen LogP contribution in [0.25, 0.3) is 0 Å². The lowest BCUT2D eigenvalue weighted by molar-refractivity contribution is -0.135. The smallest absolute Gasteiger partial charge is 0.313 e. The van der Waals surface area contributed by atoms with E-state index < -0.39 is 0 Å². The van der Waals surface area contributed by atoms with E-state index in [1.807, 2.05) is 13.2 Å². The average molecular weight is 413 g/mol. The Balaban J connectivity index is 1.91. The van der Waals surface area contributed by atoms with Crippen molar-refractivity contribution in [3.05, 3.63) is 41.2 Å². The molecule has 0 aliphatic carbocycles. The molecule has 0 fully saturated rings. The predicted molar refractivity (Wildman–Crippen MR) is 116 cm³/mol. The fourth-order valence-corrected chi connectivity index (χ4v) is 4.33. The van der Waals surface area contributed by atoms with E-state index in [0.717, 1.165) is 48.5 Å². The second-order valence-corrected chi connectivity index (χ2v) is 8.08. The van der Waals surface area contributed by atoms with Gasteiger partial charge in [-0.05, 0) is 56.1 Å². The molecule has 0 atom stereocenters. The van der Waals surface area contributed by atoms with Gasteiger partial charge in [-0.25, -0.2) is 0 Å². The minimum atomic E-state index is -0.295. The van der Waals surface area contributed by atoms with Crippen molar-refractivity contribution in [1.82, 2.24) is 0 Å². The van der Waals surface area contributed by atoms with E-state index in [1.54, 1.807) is 23.9 Å². The maximum absolute atomic E-state index is 11.6. The van der Waals surface area contributed by atoms with E-state index in [4.69, 9.17) is 13.9 Å². The van der Waals surface area contributed by atoms with Gasteiger partial charge in [0.2, 0.25) is 0 Å². The topological polar surface area (TPSA) is 48.7 Å². The average Bonchev–Trinajstić information content (AvgIpc) is 3.18. The molecule has 0 unspecified atom stereocenters. The van der Waals surface area contributed by atoms with Crippen LogP contribution in [0.5, 0.6) is 11.7 Å². The lowest BCUT2D eigenvalue weighted by atomic mass is 9.71. The van der Waals surface area contributed by atoms with Crippen molar-refractivity contribution in [3.63, 3.8) is 0 Å². The first-order valence-electron chi connectivity index (χ1n) is 10.2. The minimum Gasteiger partial charge on any atom is -0.493 e. The Kier molecular flexibility index (Phi) is 6.97. The number of benzene rings is 1. The van der Waals surface area contributed by atoms with Crippen LogP contribution in [0.2, 0.25) is 0 Å². The third-order valence-electron chi connectivity index (χ3n) is 5.64. The van der Waals surface area contributed by atoms with Crippen LogP contribution in [-0.4, -0.2) is 18.8 Å². The van der Waals surface area contributed by atoms with E-state index in [9.17, 15) is 4.79 Å². The number of esters is 1. The Labute approximate surface area is 177 Å². The van der Waals surface area contributed by atoms with Gasteiger partial charge in [0.25, 0.3) is 5.95 Å². The first-order chi connectivity index (χ1) is 14.0. The Morgan fingerprint density at radius 2 is 2.00 bits per heavy atom. The maximum atomic E-state index is 11.6. The van der Waals surface area contributed by atoms with Crippen LogP contribution >= 0.6 is 11.8 Å². The van der Waals surface area contributed by atoms with Crippen molar-refractivity contribution < 1.29 is 18.7 Å². The molecule has 3 rings (SSSR count). The van der Waals surface area contributed by atoms with Gasteiger partial charge >= 0.3 is 5.97 Å². The van der Waals surface area contributed by atoms with Crippen LogP contribution < -0.4 is 9.47 Å². The van der Waals surface area contributed by atoms with Crippen LogP contribution in [0.4, 0.5) is 0 Å². The van der Waals surface area contributed by atoms with Gasteiger partial charge in [-0.15, -0.1) is 11.8 Å². The van der Waals surface area contributed by atoms with Crippen LogP contribution in [0.1, 0.15) is 69.8 Å². The number of furan rings is 1. The standard InChI is InChI=1S/C24H28O4S/c1-5-8-22(25)28-23-12-11-18(27-23)10-9-17-15-19-20(16-21(17)29-4)26-14-13-24(19,6-2)7-3/h11-12,15-16H,5-8,13-14H2,1-4H3. The number of ether oxygens (including phenoxy) is 2. The molecule has 0 bridgehead atoms. The van der Waals surface area contributed by atoms with Gasteiger partial charge in [-0.2, -0.15) is 0 Å². The summed E-state index contributed by atoms with van der Waals surface area (Å²) >= 11 is 1.66. The molecule has 0 N–H and O–H groups in total. The van der Waals surface area contributed by atoms with E-state index >= 15 is 0 Å². The van der Waals surface area contributed by atoms with Crippen LogP contribution in [0.3, 0.4) is 0 Å². The Hall–Kier alpha value is -2.32. The highest BCUT2D eigenvalue weighted by molar-refractivity contribution is 7.98. The second kappa shape index (κ2) is 9.45. The molecule has 1 aromatic heterocycles. The van der Waals surface area contributed by atoms with E-state index in [1.165, 1.54) is 5.56 Å². The van der Waals surface area contributed by atoms with Crippen molar-refractivity contribution in [3.8, 4) is 23.5 Å². The summed E-state index contributed by atoms with van der Waals surface area (Å²) in [6.45, 7) is 7.19. The molecule has 29 heavy (non-hydrogen) atoms. The predicted octanol–water partition coefficient (Wildman–Crippen LogP) is 5.95. The zero-order valence-corrected chi connectivity index (χ0v) is 18.4. The van der Waals surface area contributed by atoms with E-state index in [0.29, 0.717) is 12.2 Å². The lowest BCUT2D eigenvalue weighted by Gasteiger charge is -2.38. The Bertz CT molecular complexity index is 928. The number of fused-ring (bicyclic) bond motifs is 1. The molecule has 154 valence electrons. The molecule has 2 aromatic rings. The highest BCUT2D eigenvalue weighted by atomic mass is 32.2. The first-order valence-corrected chi connectivity index (χ1v) is 11.5. The Morgan fingerprint density at radius 1 is 1.21 bits per heavy atom. The minimum absolute atomic E-state index is 0.145. The maximum Gasteiger partial charge on any atom is 0.313 e. The fourth-order valence-electron chi connectivity index (χ4n) is 3.78. The van der Waals surface area contributed by atoms with Gasteiger partial charge in [-0.3, -0.25) is 4.79 Å². The van der Waals surface area contributed by atoms with Gasteiger partial charge in [0.15, 0.2) is 5.76 Å². The number of carbonyl (C=O) groups excluding carboxylic acids is 1. The van der Waals surface area contributed by atoms with Crippen molar-refractivity contribution >= 4 is 17.7 Å². The van der Waals surface area contributed by atoms with Gasteiger partial charge in [-0.1, -0.05) is 26.7 Å². The molecule has 0 saturated carbocycles. The number of thioether (sulfide) groups is 1. The molecule has 2 heterocycles. The quantitative estimate of drug-likeness (QED) is 0.333. The molecular formula is C24H28O4S. The summed E-state index contributed by atoms with van der Waals surface area (Å²) < 4.78 is 16.7. The summed E-state index contributed by atoms with van der Waals surface area (Å²) in [6, 6.07) is 7.66. The highest BCUT2D eigenvalue weighted by Gasteiger charge is 2.35. The first kappa shape index (κ1) is 21.4. The van der Waals surface area contributed by atoms with Crippen molar-refractivity contribution in [2.24, 2.45) is 0 Å². The van der Waals surface area contributed by atoms with Gasteiger partial charge in [0, 0.05) is 33.9 Å². The Morgan fingerprint density at radius 3 is 2.69 bits per heavy atom. The summed E-state index contributed by atoms with van der Waals surface area (Å²) in [5, 5.41) is 0. The molecule has 5 heteroatoms. The third kappa shape index (κ3) is 4.64. The van der Waals surface area contributed by atoms with Gasteiger partial charge < -0.3 is 13.9 Å². The SMILES string of the molecule is CCCC(=O)Oc1ccc(C#Cc2cc3c(cc2SC)OCCC3(CC)CC)o1. The lowest BCUT2D eigenvalue weighted by Crippen LogP contribution is -2.31. The van der Waals surface area contributed by atoms with Crippen molar-refractivity contribution in [2.75, 3.05) is 12.9 Å². The molecule has 1 aliphatic heterocycles. The number of hydrogen-bond donors (Lipinski definition) is 0. The van der Waals surface area contributed by atoms with Crippen molar-refractivity contribution in [2.45, 2.75) is 63.2 Å². The summed E-state index contributed by atoms with van der Waals surface area (Å²) in [7, 11) is 0.